The molecule has 19 heavy (non-hydrogen) atoms. The molecule has 1 saturated heterocycles. The van der Waals surface area contributed by atoms with Crippen molar-refractivity contribution in [3.05, 3.63) is 22.4 Å². The molecule has 0 amide bonds. The number of thiophene rings is 1. The molecule has 2 nitrogen and oxygen atoms in total. The van der Waals surface area contributed by atoms with Crippen molar-refractivity contribution in [3.63, 3.8) is 0 Å². The fourth-order valence-corrected chi connectivity index (χ4v) is 4.52. The predicted octanol–water partition coefficient (Wildman–Crippen LogP) is 3.66. The quantitative estimate of drug-likeness (QED) is 0.904. The Morgan fingerprint density at radius 2 is 1.95 bits per heavy atom. The van der Waals surface area contributed by atoms with Crippen LogP contribution in [-0.2, 0) is 0 Å². The number of nitrogens with zero attached hydrogens (tertiary/aromatic N) is 1. The minimum Gasteiger partial charge on any atom is -0.306 e. The smallest absolute Gasteiger partial charge is 0.0445 e. The summed E-state index contributed by atoms with van der Waals surface area (Å²) in [5.41, 5.74) is 0. The van der Waals surface area contributed by atoms with Crippen LogP contribution in [0.4, 0.5) is 0 Å². The van der Waals surface area contributed by atoms with Crippen molar-refractivity contribution >= 4 is 11.3 Å². The van der Waals surface area contributed by atoms with Crippen LogP contribution in [0, 0.1) is 5.92 Å². The normalized spacial score (nSPS) is 24.9. The average Bonchev–Trinajstić information content (AvgIpc) is 3.11. The monoisotopic (exact) mass is 278 g/mol. The second-order valence-electron chi connectivity index (χ2n) is 6.28. The molecule has 1 N–H and O–H groups in total. The third-order valence-electron chi connectivity index (χ3n) is 4.85. The number of nitrogens with one attached hydrogen (secondary N) is 1. The Labute approximate surface area is 121 Å². The van der Waals surface area contributed by atoms with E-state index in [1.807, 2.05) is 11.3 Å². The Morgan fingerprint density at radius 1 is 1.21 bits per heavy atom. The molecule has 1 saturated carbocycles. The highest BCUT2D eigenvalue weighted by Gasteiger charge is 2.29. The van der Waals surface area contributed by atoms with Gasteiger partial charge in [-0.2, -0.15) is 0 Å². The van der Waals surface area contributed by atoms with Crippen LogP contribution in [0.2, 0.25) is 0 Å². The summed E-state index contributed by atoms with van der Waals surface area (Å²) in [5, 5.41) is 6.23. The molecule has 0 spiro atoms. The van der Waals surface area contributed by atoms with Gasteiger partial charge in [0, 0.05) is 17.0 Å². The van der Waals surface area contributed by atoms with E-state index in [0.717, 1.165) is 12.0 Å². The first-order valence-corrected chi connectivity index (χ1v) is 8.69. The van der Waals surface area contributed by atoms with Crippen molar-refractivity contribution in [1.82, 2.24) is 10.2 Å². The molecule has 2 fully saturated rings. The highest BCUT2D eigenvalue weighted by atomic mass is 32.1. The molecular formula is C16H26N2S. The van der Waals surface area contributed by atoms with E-state index in [-0.39, 0.29) is 0 Å². The molecule has 2 heterocycles. The summed E-state index contributed by atoms with van der Waals surface area (Å²) < 4.78 is 0. The topological polar surface area (TPSA) is 15.3 Å². The van der Waals surface area contributed by atoms with E-state index < -0.39 is 0 Å². The van der Waals surface area contributed by atoms with E-state index in [1.165, 1.54) is 51.6 Å². The van der Waals surface area contributed by atoms with Gasteiger partial charge in [-0.15, -0.1) is 11.3 Å². The highest BCUT2D eigenvalue weighted by Crippen LogP contribution is 2.38. The molecule has 106 valence electrons. The summed E-state index contributed by atoms with van der Waals surface area (Å²) in [5.74, 6) is 0.873. The summed E-state index contributed by atoms with van der Waals surface area (Å²) in [6.45, 7) is 2.50. The molecule has 1 aromatic heterocycles. The van der Waals surface area contributed by atoms with Gasteiger partial charge in [-0.05, 0) is 63.2 Å². The molecule has 0 bridgehead atoms. The maximum atomic E-state index is 4.00. The average molecular weight is 278 g/mol. The second-order valence-corrected chi connectivity index (χ2v) is 7.26. The first kappa shape index (κ1) is 13.6. The number of rotatable bonds is 4. The van der Waals surface area contributed by atoms with Gasteiger partial charge in [0.25, 0.3) is 0 Å². The molecule has 1 unspecified atom stereocenters. The van der Waals surface area contributed by atoms with E-state index in [4.69, 9.17) is 0 Å². The molecule has 3 heteroatoms. The van der Waals surface area contributed by atoms with Crippen molar-refractivity contribution in [1.29, 1.82) is 0 Å². The first-order chi connectivity index (χ1) is 9.33. The van der Waals surface area contributed by atoms with E-state index in [2.05, 4.69) is 34.8 Å². The summed E-state index contributed by atoms with van der Waals surface area (Å²) in [6, 6.07) is 5.88. The maximum Gasteiger partial charge on any atom is 0.0445 e. The van der Waals surface area contributed by atoms with Crippen LogP contribution in [-0.4, -0.2) is 31.1 Å². The van der Waals surface area contributed by atoms with Crippen LogP contribution in [0.1, 0.15) is 49.4 Å². The van der Waals surface area contributed by atoms with Crippen molar-refractivity contribution in [2.24, 2.45) is 5.92 Å². The Bertz CT molecular complexity index is 362. The molecule has 0 aromatic carbocycles. The largest absolute Gasteiger partial charge is 0.306 e. The molecular weight excluding hydrogens is 252 g/mol. The molecule has 1 aliphatic carbocycles. The van der Waals surface area contributed by atoms with Crippen LogP contribution in [0.15, 0.2) is 17.5 Å². The standard InChI is InChI=1S/C16H26N2S/c1-18-10-8-14(9-11-18)17-16(13-5-2-3-6-13)15-7-4-12-19-15/h4,7,12-14,16-17H,2-3,5-6,8-11H2,1H3. The Morgan fingerprint density at radius 3 is 2.58 bits per heavy atom. The predicted molar refractivity (Wildman–Crippen MR) is 82.7 cm³/mol. The van der Waals surface area contributed by atoms with Gasteiger partial charge in [-0.1, -0.05) is 18.9 Å². The fourth-order valence-electron chi connectivity index (χ4n) is 3.64. The summed E-state index contributed by atoms with van der Waals surface area (Å²) in [7, 11) is 2.24. The van der Waals surface area contributed by atoms with E-state index in [9.17, 15) is 0 Å². The van der Waals surface area contributed by atoms with E-state index >= 15 is 0 Å². The lowest BCUT2D eigenvalue weighted by Gasteiger charge is -2.34. The number of hydrogen-bond donors (Lipinski definition) is 1. The molecule has 1 aliphatic heterocycles. The van der Waals surface area contributed by atoms with Crippen molar-refractivity contribution < 1.29 is 0 Å². The zero-order chi connectivity index (χ0) is 13.1. The third kappa shape index (κ3) is 3.39. The zero-order valence-electron chi connectivity index (χ0n) is 12.0. The van der Waals surface area contributed by atoms with Gasteiger partial charge in [0.1, 0.15) is 0 Å². The van der Waals surface area contributed by atoms with E-state index in [1.54, 1.807) is 4.88 Å². The van der Waals surface area contributed by atoms with Crippen LogP contribution >= 0.6 is 11.3 Å². The molecule has 1 atom stereocenters. The molecule has 3 rings (SSSR count). The lowest BCUT2D eigenvalue weighted by atomic mass is 9.94. The second kappa shape index (κ2) is 6.38. The Hall–Kier alpha value is -0.380. The van der Waals surface area contributed by atoms with Crippen molar-refractivity contribution in [2.45, 2.75) is 50.6 Å². The van der Waals surface area contributed by atoms with Gasteiger partial charge in [0.05, 0.1) is 0 Å². The van der Waals surface area contributed by atoms with Gasteiger partial charge in [0.2, 0.25) is 0 Å². The minimum absolute atomic E-state index is 0.621. The van der Waals surface area contributed by atoms with Crippen molar-refractivity contribution in [2.75, 3.05) is 20.1 Å². The Balaban J connectivity index is 1.65. The number of likely N-dealkylation sites (tertiary alicyclic amines) is 1. The molecule has 0 radical (unpaired) electrons. The lowest BCUT2D eigenvalue weighted by Crippen LogP contribution is -2.43. The van der Waals surface area contributed by atoms with Gasteiger partial charge in [0.15, 0.2) is 0 Å². The molecule has 2 aliphatic rings. The SMILES string of the molecule is CN1CCC(NC(c2cccs2)C2CCCC2)CC1. The third-order valence-corrected chi connectivity index (χ3v) is 5.81. The summed E-state index contributed by atoms with van der Waals surface area (Å²) in [4.78, 5) is 4.01. The van der Waals surface area contributed by atoms with Crippen LogP contribution in [0.25, 0.3) is 0 Å². The zero-order valence-corrected chi connectivity index (χ0v) is 12.8. The van der Waals surface area contributed by atoms with E-state index in [0.29, 0.717) is 6.04 Å². The van der Waals surface area contributed by atoms with Gasteiger partial charge in [-0.25, -0.2) is 0 Å². The highest BCUT2D eigenvalue weighted by molar-refractivity contribution is 7.10. The lowest BCUT2D eigenvalue weighted by molar-refractivity contribution is 0.210. The number of hydrogen-bond acceptors (Lipinski definition) is 3. The van der Waals surface area contributed by atoms with Crippen LogP contribution in [0.3, 0.4) is 0 Å². The summed E-state index contributed by atoms with van der Waals surface area (Å²) in [6.07, 6.45) is 8.32. The first-order valence-electron chi connectivity index (χ1n) is 7.81. The van der Waals surface area contributed by atoms with Crippen LogP contribution < -0.4 is 5.32 Å². The maximum absolute atomic E-state index is 4.00. The van der Waals surface area contributed by atoms with Crippen LogP contribution in [0.5, 0.6) is 0 Å². The van der Waals surface area contributed by atoms with Gasteiger partial charge in [-0.3, -0.25) is 0 Å². The Kier molecular flexibility index (Phi) is 4.57. The van der Waals surface area contributed by atoms with Crippen molar-refractivity contribution in [3.8, 4) is 0 Å². The van der Waals surface area contributed by atoms with Gasteiger partial charge >= 0.3 is 0 Å². The number of piperidine rings is 1. The fraction of sp³-hybridized carbons (Fsp3) is 0.750. The summed E-state index contributed by atoms with van der Waals surface area (Å²) >= 11 is 1.93. The van der Waals surface area contributed by atoms with Gasteiger partial charge < -0.3 is 10.2 Å². The minimum atomic E-state index is 0.621. The molecule has 1 aromatic rings.